The lowest BCUT2D eigenvalue weighted by molar-refractivity contribution is 0.0449. The van der Waals surface area contributed by atoms with Gasteiger partial charge in [-0.2, -0.15) is 4.98 Å². The summed E-state index contributed by atoms with van der Waals surface area (Å²) >= 11 is 0. The van der Waals surface area contributed by atoms with Gasteiger partial charge in [0.25, 0.3) is 15.9 Å². The number of rotatable bonds is 6. The maximum absolute atomic E-state index is 15.6. The lowest BCUT2D eigenvalue weighted by Gasteiger charge is -2.35. The minimum Gasteiger partial charge on any atom is -0.475 e. The van der Waals surface area contributed by atoms with E-state index in [9.17, 15) is 13.2 Å². The third-order valence-electron chi connectivity index (χ3n) is 9.00. The van der Waals surface area contributed by atoms with Crippen LogP contribution in [0.1, 0.15) is 73.6 Å². The maximum atomic E-state index is 15.6. The number of anilines is 2. The number of aromatic nitrogens is 4. The molecule has 2 aliphatic heterocycles. The van der Waals surface area contributed by atoms with Gasteiger partial charge in [-0.3, -0.25) is 9.78 Å². The molecule has 1 saturated heterocycles. The van der Waals surface area contributed by atoms with E-state index >= 15 is 4.39 Å². The van der Waals surface area contributed by atoms with Crippen molar-refractivity contribution in [1.29, 1.82) is 0 Å². The van der Waals surface area contributed by atoms with Crippen LogP contribution in [0.25, 0.3) is 11.3 Å². The molecule has 2 atom stereocenters. The smallest absolute Gasteiger partial charge is 0.264 e. The molecule has 6 rings (SSSR count). The SMILES string of the molecule is Cc1cccc(C)c1-c1cc2nc(n1)NS(=O)(=O)c1cccc(c1)C(=O)N(Cc1cncc(N3CCCC[C@H]3C)n1)[C@H](CC(C)(C)F)CO2. The Morgan fingerprint density at radius 2 is 1.78 bits per heavy atom. The summed E-state index contributed by atoms with van der Waals surface area (Å²) in [4.78, 5) is 36.3. The summed E-state index contributed by atoms with van der Waals surface area (Å²) in [6.07, 6.45) is 6.50. The van der Waals surface area contributed by atoms with E-state index in [1.54, 1.807) is 24.5 Å². The molecule has 13 heteroatoms. The van der Waals surface area contributed by atoms with Crippen LogP contribution in [0.4, 0.5) is 16.2 Å². The third-order valence-corrected chi connectivity index (χ3v) is 10.3. The molecule has 4 heterocycles. The number of halogens is 1. The molecule has 0 unspecified atom stereocenters. The van der Waals surface area contributed by atoms with Crippen molar-refractivity contribution in [3.05, 3.63) is 83.3 Å². The van der Waals surface area contributed by atoms with Crippen molar-refractivity contribution in [2.75, 3.05) is 22.8 Å². The topological polar surface area (TPSA) is 131 Å². The second-order valence-corrected chi connectivity index (χ2v) is 15.2. The zero-order valence-electron chi connectivity index (χ0n) is 28.5. The number of nitrogens with one attached hydrogen (secondary N) is 1. The molecule has 258 valence electrons. The number of carbonyl (C=O) groups excluding carboxylic acids is 1. The maximum Gasteiger partial charge on any atom is 0.264 e. The molecule has 0 spiro atoms. The summed E-state index contributed by atoms with van der Waals surface area (Å²) < 4.78 is 51.6. The minimum absolute atomic E-state index is 0.0100. The van der Waals surface area contributed by atoms with E-state index in [0.717, 1.165) is 42.5 Å². The van der Waals surface area contributed by atoms with Crippen LogP contribution in [0.2, 0.25) is 0 Å². The quantitative estimate of drug-likeness (QED) is 0.249. The molecule has 2 aromatic heterocycles. The van der Waals surface area contributed by atoms with Crippen LogP contribution in [0.3, 0.4) is 0 Å². The van der Waals surface area contributed by atoms with Crippen LogP contribution in [0.15, 0.2) is 65.8 Å². The summed E-state index contributed by atoms with van der Waals surface area (Å²) in [6.45, 7) is 9.66. The predicted octanol–water partition coefficient (Wildman–Crippen LogP) is 6.27. The zero-order valence-corrected chi connectivity index (χ0v) is 29.3. The Morgan fingerprint density at radius 3 is 2.51 bits per heavy atom. The van der Waals surface area contributed by atoms with Crippen LogP contribution in [0.5, 0.6) is 5.88 Å². The molecular weight excluding hydrogens is 646 g/mol. The summed E-state index contributed by atoms with van der Waals surface area (Å²) in [5, 5.41) is 0. The molecule has 1 fully saturated rings. The Labute approximate surface area is 287 Å². The molecule has 1 amide bonds. The first kappa shape index (κ1) is 34.2. The van der Waals surface area contributed by atoms with Crippen molar-refractivity contribution >= 4 is 27.7 Å². The van der Waals surface area contributed by atoms with Gasteiger partial charge in [0.2, 0.25) is 11.8 Å². The van der Waals surface area contributed by atoms with E-state index in [4.69, 9.17) is 9.72 Å². The summed E-state index contributed by atoms with van der Waals surface area (Å²) in [7, 11) is -4.23. The number of hydrogen-bond donors (Lipinski definition) is 1. The largest absolute Gasteiger partial charge is 0.475 e. The molecule has 4 bridgehead atoms. The number of alkyl halides is 1. The van der Waals surface area contributed by atoms with E-state index in [2.05, 4.69) is 31.5 Å². The number of fused-ring (bicyclic) bond motifs is 4. The number of ether oxygens (including phenoxy) is 1. The Balaban J connectivity index is 1.46. The number of sulfonamides is 1. The van der Waals surface area contributed by atoms with Gasteiger partial charge in [-0.25, -0.2) is 27.5 Å². The molecule has 2 aliphatic rings. The molecule has 0 radical (unpaired) electrons. The van der Waals surface area contributed by atoms with E-state index in [0.29, 0.717) is 23.2 Å². The number of hydrogen-bond acceptors (Lipinski definition) is 9. The highest BCUT2D eigenvalue weighted by Gasteiger charge is 2.33. The minimum atomic E-state index is -4.23. The Bertz CT molecular complexity index is 1950. The lowest BCUT2D eigenvalue weighted by Crippen LogP contribution is -2.46. The van der Waals surface area contributed by atoms with Gasteiger partial charge in [-0.15, -0.1) is 0 Å². The fourth-order valence-corrected chi connectivity index (χ4v) is 7.61. The van der Waals surface area contributed by atoms with Crippen LogP contribution >= 0.6 is 0 Å². The first-order valence-corrected chi connectivity index (χ1v) is 18.0. The van der Waals surface area contributed by atoms with Crippen molar-refractivity contribution in [3.63, 3.8) is 0 Å². The van der Waals surface area contributed by atoms with Crippen molar-refractivity contribution in [1.82, 2.24) is 24.8 Å². The van der Waals surface area contributed by atoms with Crippen LogP contribution in [0, 0.1) is 13.8 Å². The van der Waals surface area contributed by atoms with Gasteiger partial charge in [0.15, 0.2) is 0 Å². The molecule has 0 saturated carbocycles. The molecule has 49 heavy (non-hydrogen) atoms. The standard InChI is InChI=1S/C36H42FN7O4S/c1-23-10-8-11-24(2)33(23)30-17-32-41-35(40-30)42-49(46,47)29-14-9-13-26(16-29)34(45)44(28(22-48-32)18-36(4,5)37)21-27-19-38-20-31(39-27)43-15-7-6-12-25(43)3/h8-11,13-14,16-17,19-20,25,28H,6-7,12,15,18,21-22H2,1-5H3,(H,40,41,42)/t25-,28-/m1/s1. The van der Waals surface area contributed by atoms with Crippen molar-refractivity contribution < 1.29 is 22.3 Å². The number of aryl methyl sites for hydroxylation is 2. The fourth-order valence-electron chi connectivity index (χ4n) is 6.62. The summed E-state index contributed by atoms with van der Waals surface area (Å²) in [6, 6.07) is 12.7. The van der Waals surface area contributed by atoms with Crippen LogP contribution in [-0.2, 0) is 16.6 Å². The average molecular weight is 688 g/mol. The predicted molar refractivity (Wildman–Crippen MR) is 186 cm³/mol. The van der Waals surface area contributed by atoms with Crippen LogP contribution < -0.4 is 14.4 Å². The average Bonchev–Trinajstić information content (AvgIpc) is 3.05. The van der Waals surface area contributed by atoms with E-state index < -0.39 is 27.6 Å². The van der Waals surface area contributed by atoms with Gasteiger partial charge < -0.3 is 14.5 Å². The fraction of sp³-hybridized carbons (Fsp3) is 0.417. The van der Waals surface area contributed by atoms with E-state index in [1.807, 2.05) is 32.0 Å². The Kier molecular flexibility index (Phi) is 9.56. The van der Waals surface area contributed by atoms with Crippen molar-refractivity contribution in [2.45, 2.75) is 89.5 Å². The number of carbonyl (C=O) groups is 1. The molecule has 11 nitrogen and oxygen atoms in total. The molecule has 2 aromatic carbocycles. The number of benzene rings is 2. The highest BCUT2D eigenvalue weighted by Crippen LogP contribution is 2.31. The molecule has 4 aromatic rings. The summed E-state index contributed by atoms with van der Waals surface area (Å²) in [5.74, 6) is 0.102. The first-order valence-electron chi connectivity index (χ1n) is 16.6. The van der Waals surface area contributed by atoms with Gasteiger partial charge in [-0.1, -0.05) is 24.3 Å². The highest BCUT2D eigenvalue weighted by atomic mass is 32.2. The highest BCUT2D eigenvalue weighted by molar-refractivity contribution is 7.92. The van der Waals surface area contributed by atoms with Gasteiger partial charge in [0, 0.05) is 36.2 Å². The van der Waals surface area contributed by atoms with Crippen LogP contribution in [-0.4, -0.2) is 70.1 Å². The lowest BCUT2D eigenvalue weighted by atomic mass is 9.99. The second-order valence-electron chi connectivity index (χ2n) is 13.5. The third kappa shape index (κ3) is 7.82. The van der Waals surface area contributed by atoms with Gasteiger partial charge in [0.05, 0.1) is 41.3 Å². The number of piperidine rings is 1. The van der Waals surface area contributed by atoms with E-state index in [1.165, 1.54) is 36.9 Å². The molecule has 0 aliphatic carbocycles. The molecule has 1 N–H and O–H groups in total. The molecular formula is C36H42FN7O4S. The number of nitrogens with zero attached hydrogens (tertiary/aromatic N) is 6. The Morgan fingerprint density at radius 1 is 1.02 bits per heavy atom. The Hall–Kier alpha value is -4.65. The van der Waals surface area contributed by atoms with Gasteiger partial charge >= 0.3 is 0 Å². The normalized spacial score (nSPS) is 19.6. The second kappa shape index (κ2) is 13.7. The first-order chi connectivity index (χ1) is 23.3. The van der Waals surface area contributed by atoms with Gasteiger partial charge in [0.1, 0.15) is 18.1 Å². The van der Waals surface area contributed by atoms with Crippen molar-refractivity contribution in [3.8, 4) is 17.1 Å². The summed E-state index contributed by atoms with van der Waals surface area (Å²) in [5.41, 5.74) is 2.06. The van der Waals surface area contributed by atoms with Gasteiger partial charge in [-0.05, 0) is 83.2 Å². The van der Waals surface area contributed by atoms with Crippen molar-refractivity contribution in [2.24, 2.45) is 0 Å². The zero-order chi connectivity index (χ0) is 34.9. The number of amides is 1. The van der Waals surface area contributed by atoms with E-state index in [-0.39, 0.29) is 41.9 Å². The monoisotopic (exact) mass is 687 g/mol.